The van der Waals surface area contributed by atoms with Crippen molar-refractivity contribution in [1.29, 1.82) is 0 Å². The van der Waals surface area contributed by atoms with Gasteiger partial charge in [-0.15, -0.1) is 0 Å². The Bertz CT molecular complexity index is 499. The van der Waals surface area contributed by atoms with Gasteiger partial charge in [0.25, 0.3) is 0 Å². The highest BCUT2D eigenvalue weighted by atomic mass is 32.1. The van der Waals surface area contributed by atoms with Crippen molar-refractivity contribution in [2.24, 2.45) is 5.92 Å². The summed E-state index contributed by atoms with van der Waals surface area (Å²) in [7, 11) is 0. The molecule has 1 aliphatic heterocycles. The summed E-state index contributed by atoms with van der Waals surface area (Å²) in [5, 5.41) is 11.9. The fourth-order valence-electron chi connectivity index (χ4n) is 3.71. The Morgan fingerprint density at radius 1 is 1.22 bits per heavy atom. The molecule has 0 amide bonds. The maximum absolute atomic E-state index is 10.9. The van der Waals surface area contributed by atoms with Crippen LogP contribution in [-0.2, 0) is 6.42 Å². The predicted molar refractivity (Wildman–Crippen MR) is 95.1 cm³/mol. The third-order valence-electron chi connectivity index (χ3n) is 5.36. The van der Waals surface area contributed by atoms with Gasteiger partial charge >= 0.3 is 0 Å². The largest absolute Gasteiger partial charge is 0.389 e. The summed E-state index contributed by atoms with van der Waals surface area (Å²) in [6.07, 6.45) is 6.30. The lowest BCUT2D eigenvalue weighted by molar-refractivity contribution is -0.0337. The Balaban J connectivity index is 1.54. The first-order chi connectivity index (χ1) is 11.1. The van der Waals surface area contributed by atoms with Gasteiger partial charge in [-0.05, 0) is 38.0 Å². The summed E-state index contributed by atoms with van der Waals surface area (Å²) in [6, 6.07) is 0. The van der Waals surface area contributed by atoms with Gasteiger partial charge in [-0.3, -0.25) is 4.90 Å². The molecule has 23 heavy (non-hydrogen) atoms. The highest BCUT2D eigenvalue weighted by Crippen LogP contribution is 2.32. The van der Waals surface area contributed by atoms with Crippen LogP contribution in [0.3, 0.4) is 0 Å². The minimum absolute atomic E-state index is 0.459. The molecule has 1 N–H and O–H groups in total. The number of nitrogens with zero attached hydrogens (tertiary/aromatic N) is 4. The molecule has 2 heterocycles. The number of hydrogen-bond donors (Lipinski definition) is 1. The third-order valence-corrected chi connectivity index (χ3v) is 6.17. The predicted octanol–water partition coefficient (Wildman–Crippen LogP) is 2.55. The van der Waals surface area contributed by atoms with Crippen molar-refractivity contribution in [3.05, 3.63) is 5.82 Å². The molecular weight excluding hydrogens is 308 g/mol. The van der Waals surface area contributed by atoms with Crippen molar-refractivity contribution >= 4 is 16.7 Å². The van der Waals surface area contributed by atoms with Crippen molar-refractivity contribution in [3.8, 4) is 0 Å². The molecule has 1 aromatic rings. The summed E-state index contributed by atoms with van der Waals surface area (Å²) in [6.45, 7) is 9.36. The van der Waals surface area contributed by atoms with Gasteiger partial charge in [-0.25, -0.2) is 4.98 Å². The molecule has 0 bridgehead atoms. The molecular formula is C17H30N4OS. The molecule has 1 aliphatic carbocycles. The second-order valence-electron chi connectivity index (χ2n) is 7.37. The van der Waals surface area contributed by atoms with Crippen LogP contribution in [0, 0.1) is 5.92 Å². The summed E-state index contributed by atoms with van der Waals surface area (Å²) in [4.78, 5) is 9.44. The first kappa shape index (κ1) is 17.1. The molecule has 1 saturated heterocycles. The van der Waals surface area contributed by atoms with Crippen LogP contribution in [0.2, 0.25) is 0 Å². The van der Waals surface area contributed by atoms with E-state index < -0.39 is 5.60 Å². The van der Waals surface area contributed by atoms with E-state index in [-0.39, 0.29) is 0 Å². The summed E-state index contributed by atoms with van der Waals surface area (Å²) >= 11 is 1.52. The molecule has 0 aromatic carbocycles. The molecule has 6 heteroatoms. The maximum atomic E-state index is 10.9. The van der Waals surface area contributed by atoms with Crippen LogP contribution >= 0.6 is 11.5 Å². The molecule has 1 saturated carbocycles. The van der Waals surface area contributed by atoms with Gasteiger partial charge in [0.2, 0.25) is 5.13 Å². The number of aryl methyl sites for hydroxylation is 1. The van der Waals surface area contributed by atoms with Gasteiger partial charge in [0.05, 0.1) is 5.60 Å². The van der Waals surface area contributed by atoms with Crippen molar-refractivity contribution in [2.75, 3.05) is 37.6 Å². The third kappa shape index (κ3) is 4.43. The Kier molecular flexibility index (Phi) is 5.54. The van der Waals surface area contributed by atoms with E-state index in [0.717, 1.165) is 75.3 Å². The Morgan fingerprint density at radius 2 is 2.00 bits per heavy atom. The van der Waals surface area contributed by atoms with Crippen LogP contribution in [0.1, 0.15) is 51.8 Å². The normalized spacial score (nSPS) is 30.4. The van der Waals surface area contributed by atoms with Gasteiger partial charge in [0.1, 0.15) is 5.82 Å². The maximum Gasteiger partial charge on any atom is 0.205 e. The second-order valence-corrected chi connectivity index (χ2v) is 8.10. The SMILES string of the molecule is CCc1nsc(N2CCCN(CC3(O)CCC(C)CC3)CC2)n1. The van der Waals surface area contributed by atoms with Crippen LogP contribution in [0.25, 0.3) is 0 Å². The average molecular weight is 339 g/mol. The molecule has 5 nitrogen and oxygen atoms in total. The smallest absolute Gasteiger partial charge is 0.205 e. The first-order valence-electron chi connectivity index (χ1n) is 9.10. The highest BCUT2D eigenvalue weighted by Gasteiger charge is 2.34. The zero-order valence-corrected chi connectivity index (χ0v) is 15.3. The van der Waals surface area contributed by atoms with Crippen molar-refractivity contribution in [3.63, 3.8) is 0 Å². The Morgan fingerprint density at radius 3 is 2.70 bits per heavy atom. The number of β-amino-alcohol motifs (C(OH)–C–C–N with tert-alkyl or cyclic N) is 1. The molecule has 0 radical (unpaired) electrons. The van der Waals surface area contributed by atoms with Gasteiger partial charge in [0.15, 0.2) is 0 Å². The van der Waals surface area contributed by atoms with Crippen LogP contribution in [0.4, 0.5) is 5.13 Å². The standard InChI is InChI=1S/C17H30N4OS/c1-3-15-18-16(23-19-15)21-10-4-9-20(11-12-21)13-17(22)7-5-14(2)6-8-17/h14,22H,3-13H2,1-2H3. The second kappa shape index (κ2) is 7.45. The minimum atomic E-state index is -0.459. The molecule has 130 valence electrons. The van der Waals surface area contributed by atoms with E-state index in [1.165, 1.54) is 24.4 Å². The van der Waals surface area contributed by atoms with E-state index in [4.69, 9.17) is 0 Å². The molecule has 0 atom stereocenters. The number of rotatable bonds is 4. The van der Waals surface area contributed by atoms with Gasteiger partial charge in [-0.2, -0.15) is 4.37 Å². The average Bonchev–Trinajstić information content (AvgIpc) is 2.91. The van der Waals surface area contributed by atoms with Gasteiger partial charge < -0.3 is 10.0 Å². The lowest BCUT2D eigenvalue weighted by Crippen LogP contribution is -2.46. The molecule has 0 unspecified atom stereocenters. The van der Waals surface area contributed by atoms with Gasteiger partial charge in [-0.1, -0.05) is 13.8 Å². The Hall–Kier alpha value is -0.720. The van der Waals surface area contributed by atoms with E-state index in [1.54, 1.807) is 0 Å². The quantitative estimate of drug-likeness (QED) is 0.914. The first-order valence-corrected chi connectivity index (χ1v) is 9.87. The number of aliphatic hydroxyl groups is 1. The zero-order chi connectivity index (χ0) is 16.3. The van der Waals surface area contributed by atoms with Crippen LogP contribution in [-0.4, -0.2) is 57.7 Å². The van der Waals surface area contributed by atoms with Gasteiger partial charge in [0, 0.05) is 50.7 Å². The number of anilines is 1. The number of aromatic nitrogens is 2. The van der Waals surface area contributed by atoms with Crippen molar-refractivity contribution in [1.82, 2.24) is 14.3 Å². The zero-order valence-electron chi connectivity index (χ0n) is 14.5. The van der Waals surface area contributed by atoms with E-state index in [1.807, 2.05) is 0 Å². The van der Waals surface area contributed by atoms with Crippen molar-refractivity contribution < 1.29 is 5.11 Å². The van der Waals surface area contributed by atoms with Crippen molar-refractivity contribution in [2.45, 2.75) is 58.0 Å². The van der Waals surface area contributed by atoms with Crippen LogP contribution in [0.5, 0.6) is 0 Å². The number of hydrogen-bond acceptors (Lipinski definition) is 6. The lowest BCUT2D eigenvalue weighted by atomic mass is 9.79. The van der Waals surface area contributed by atoms with Crippen LogP contribution in [0.15, 0.2) is 0 Å². The van der Waals surface area contributed by atoms with E-state index in [2.05, 4.69) is 33.0 Å². The molecule has 1 aromatic heterocycles. The van der Waals surface area contributed by atoms with E-state index in [0.29, 0.717) is 0 Å². The molecule has 3 rings (SSSR count). The minimum Gasteiger partial charge on any atom is -0.389 e. The highest BCUT2D eigenvalue weighted by molar-refractivity contribution is 7.09. The Labute approximate surface area is 143 Å². The fourth-order valence-corrected chi connectivity index (χ4v) is 4.51. The lowest BCUT2D eigenvalue weighted by Gasteiger charge is -2.38. The summed E-state index contributed by atoms with van der Waals surface area (Å²) in [5.41, 5.74) is -0.459. The molecule has 2 fully saturated rings. The van der Waals surface area contributed by atoms with E-state index >= 15 is 0 Å². The van der Waals surface area contributed by atoms with E-state index in [9.17, 15) is 5.11 Å². The topological polar surface area (TPSA) is 52.5 Å². The molecule has 2 aliphatic rings. The van der Waals surface area contributed by atoms with Crippen LogP contribution < -0.4 is 4.90 Å². The fraction of sp³-hybridized carbons (Fsp3) is 0.882. The monoisotopic (exact) mass is 338 g/mol. The molecule has 0 spiro atoms. The summed E-state index contributed by atoms with van der Waals surface area (Å²) < 4.78 is 4.41. The summed E-state index contributed by atoms with van der Waals surface area (Å²) in [5.74, 6) is 1.73.